The first-order valence-electron chi connectivity index (χ1n) is 12.1. The van der Waals surface area contributed by atoms with E-state index in [1.165, 1.54) is 6.42 Å². The maximum absolute atomic E-state index is 11.7. The molecule has 1 aliphatic carbocycles. The van der Waals surface area contributed by atoms with E-state index in [1.807, 2.05) is 50.2 Å². The molecule has 1 heterocycles. The van der Waals surface area contributed by atoms with Gasteiger partial charge >= 0.3 is 5.97 Å². The molecular weight excluding hydrogens is 462 g/mol. The van der Waals surface area contributed by atoms with E-state index in [0.717, 1.165) is 59.5 Å². The first kappa shape index (κ1) is 24.9. The van der Waals surface area contributed by atoms with Gasteiger partial charge in [-0.1, -0.05) is 24.6 Å². The second kappa shape index (κ2) is 11.0. The van der Waals surface area contributed by atoms with Crippen molar-refractivity contribution in [1.29, 1.82) is 0 Å². The van der Waals surface area contributed by atoms with Crippen LogP contribution in [-0.4, -0.2) is 29.9 Å². The van der Waals surface area contributed by atoms with E-state index in [-0.39, 0.29) is 12.2 Å². The Morgan fingerprint density at radius 2 is 1.86 bits per heavy atom. The molecule has 1 fully saturated rings. The van der Waals surface area contributed by atoms with Crippen LogP contribution in [0.4, 0.5) is 5.69 Å². The van der Waals surface area contributed by atoms with Crippen LogP contribution in [0.5, 0.6) is 11.5 Å². The summed E-state index contributed by atoms with van der Waals surface area (Å²) in [6, 6.07) is 11.7. The van der Waals surface area contributed by atoms with E-state index in [4.69, 9.17) is 26.4 Å². The van der Waals surface area contributed by atoms with Crippen molar-refractivity contribution in [3.05, 3.63) is 59.2 Å². The van der Waals surface area contributed by atoms with E-state index < -0.39 is 5.97 Å². The molecule has 0 radical (unpaired) electrons. The van der Waals surface area contributed by atoms with Gasteiger partial charge in [-0.2, -0.15) is 0 Å². The molecule has 0 atom stereocenters. The number of esters is 1. The molecule has 0 unspecified atom stereocenters. The number of ether oxygens (including phenoxy) is 3. The van der Waals surface area contributed by atoms with E-state index in [1.54, 1.807) is 6.92 Å². The van der Waals surface area contributed by atoms with Crippen molar-refractivity contribution in [3.8, 4) is 11.5 Å². The van der Waals surface area contributed by atoms with Gasteiger partial charge in [0.15, 0.2) is 11.7 Å². The minimum Gasteiger partial charge on any atom is -0.482 e. The summed E-state index contributed by atoms with van der Waals surface area (Å²) in [4.78, 5) is 11.7. The minimum atomic E-state index is -0.402. The zero-order valence-corrected chi connectivity index (χ0v) is 21.3. The average Bonchev–Trinajstić information content (AvgIpc) is 2.84. The summed E-state index contributed by atoms with van der Waals surface area (Å²) in [6.45, 7) is 6.04. The van der Waals surface area contributed by atoms with Crippen molar-refractivity contribution >= 4 is 34.7 Å². The molecular formula is C27H33N3O4S. The molecule has 2 aromatic rings. The lowest BCUT2D eigenvalue weighted by atomic mass is 9.82. The fraction of sp³-hybridized carbons (Fsp3) is 0.407. The lowest BCUT2D eigenvalue weighted by Crippen LogP contribution is -2.44. The predicted octanol–water partition coefficient (Wildman–Crippen LogP) is 5.17. The summed E-state index contributed by atoms with van der Waals surface area (Å²) >= 11 is 5.57. The highest BCUT2D eigenvalue weighted by atomic mass is 32.1. The van der Waals surface area contributed by atoms with Gasteiger partial charge in [-0.3, -0.25) is 10.9 Å². The molecule has 2 aliphatic rings. The van der Waals surface area contributed by atoms with Gasteiger partial charge in [0.1, 0.15) is 17.1 Å². The maximum atomic E-state index is 11.7. The number of carbonyl (C=O) groups is 1. The SMILES string of the molecule is CCOC(=O)COc1ccc2c(c1)C(NNC(=S)Nc1c(C)cccc1C)=CC1(CCCCC1)O2. The standard InChI is InChI=1S/C27H33N3O4S/c1-4-32-24(31)17-33-20-11-12-23-21(15-20)22(16-27(34-23)13-6-5-7-14-27)29-30-26(35)28-25-18(2)9-8-10-19(25)3/h8-12,15-16,29H,4-7,13-14,17H2,1-3H3,(H2,28,30,35). The number of carbonyl (C=O) groups excluding carboxylic acids is 1. The summed E-state index contributed by atoms with van der Waals surface area (Å²) in [7, 11) is 0. The fourth-order valence-electron chi connectivity index (χ4n) is 4.61. The van der Waals surface area contributed by atoms with Crippen molar-refractivity contribution in [1.82, 2.24) is 10.9 Å². The molecule has 7 nitrogen and oxygen atoms in total. The molecule has 1 spiro atoms. The van der Waals surface area contributed by atoms with Gasteiger partial charge in [0, 0.05) is 11.3 Å². The molecule has 0 bridgehead atoms. The van der Waals surface area contributed by atoms with E-state index in [2.05, 4.69) is 22.2 Å². The lowest BCUT2D eigenvalue weighted by Gasteiger charge is -2.39. The Labute approximate surface area is 212 Å². The molecule has 2 aromatic carbocycles. The number of nitrogens with one attached hydrogen (secondary N) is 3. The Kier molecular flexibility index (Phi) is 7.80. The Morgan fingerprint density at radius 3 is 2.57 bits per heavy atom. The molecule has 0 amide bonds. The van der Waals surface area contributed by atoms with E-state index in [0.29, 0.717) is 17.5 Å². The largest absolute Gasteiger partial charge is 0.482 e. The van der Waals surface area contributed by atoms with Crippen LogP contribution in [0.3, 0.4) is 0 Å². The normalized spacial score (nSPS) is 15.8. The first-order chi connectivity index (χ1) is 16.9. The number of thiocarbonyl (C=S) groups is 1. The Morgan fingerprint density at radius 1 is 1.11 bits per heavy atom. The Hall–Kier alpha value is -3.26. The molecule has 4 rings (SSSR count). The van der Waals surface area contributed by atoms with Gasteiger partial charge in [-0.25, -0.2) is 4.79 Å². The Bertz CT molecular complexity index is 1110. The summed E-state index contributed by atoms with van der Waals surface area (Å²) in [5, 5.41) is 3.75. The van der Waals surface area contributed by atoms with Crippen LogP contribution in [0.25, 0.3) is 5.70 Å². The average molecular weight is 496 g/mol. The van der Waals surface area contributed by atoms with Crippen molar-refractivity contribution in [3.63, 3.8) is 0 Å². The van der Waals surface area contributed by atoms with Gasteiger partial charge in [0.05, 0.1) is 12.3 Å². The lowest BCUT2D eigenvalue weighted by molar-refractivity contribution is -0.145. The molecule has 1 saturated carbocycles. The summed E-state index contributed by atoms with van der Waals surface area (Å²) in [5.74, 6) is 0.931. The molecule has 8 heteroatoms. The summed E-state index contributed by atoms with van der Waals surface area (Å²) in [5.41, 5.74) is 11.0. The highest BCUT2D eigenvalue weighted by molar-refractivity contribution is 7.80. The summed E-state index contributed by atoms with van der Waals surface area (Å²) < 4.78 is 17.1. The predicted molar refractivity (Wildman–Crippen MR) is 141 cm³/mol. The number of aryl methyl sites for hydroxylation is 2. The highest BCUT2D eigenvalue weighted by Crippen LogP contribution is 2.43. The second-order valence-electron chi connectivity index (χ2n) is 9.01. The smallest absolute Gasteiger partial charge is 0.344 e. The maximum Gasteiger partial charge on any atom is 0.344 e. The number of hydrogen-bond donors (Lipinski definition) is 3. The van der Waals surface area contributed by atoms with Crippen molar-refractivity contribution in [2.24, 2.45) is 0 Å². The van der Waals surface area contributed by atoms with Crippen LogP contribution >= 0.6 is 12.2 Å². The minimum absolute atomic E-state index is 0.147. The van der Waals surface area contributed by atoms with Crippen LogP contribution in [0.1, 0.15) is 55.7 Å². The topological polar surface area (TPSA) is 80.9 Å². The number of hydrazine groups is 1. The second-order valence-corrected chi connectivity index (χ2v) is 9.42. The molecule has 1 aliphatic heterocycles. The van der Waals surface area contributed by atoms with E-state index >= 15 is 0 Å². The van der Waals surface area contributed by atoms with Crippen molar-refractivity contribution in [2.45, 2.75) is 58.5 Å². The molecule has 0 saturated heterocycles. The van der Waals surface area contributed by atoms with Gasteiger partial charge < -0.3 is 19.5 Å². The monoisotopic (exact) mass is 495 g/mol. The zero-order chi connectivity index (χ0) is 24.8. The van der Waals surface area contributed by atoms with Gasteiger partial charge in [0.2, 0.25) is 0 Å². The van der Waals surface area contributed by atoms with Crippen LogP contribution in [0.15, 0.2) is 42.5 Å². The van der Waals surface area contributed by atoms with Crippen LogP contribution in [0, 0.1) is 13.8 Å². The van der Waals surface area contributed by atoms with Crippen LogP contribution in [-0.2, 0) is 9.53 Å². The van der Waals surface area contributed by atoms with Gasteiger partial charge in [0.25, 0.3) is 0 Å². The first-order valence-corrected chi connectivity index (χ1v) is 12.5. The fourth-order valence-corrected chi connectivity index (χ4v) is 4.77. The number of hydrogen-bond acceptors (Lipinski definition) is 6. The van der Waals surface area contributed by atoms with Crippen molar-refractivity contribution < 1.29 is 19.0 Å². The highest BCUT2D eigenvalue weighted by Gasteiger charge is 2.37. The third-order valence-corrected chi connectivity index (χ3v) is 6.56. The van der Waals surface area contributed by atoms with Crippen LogP contribution < -0.4 is 25.6 Å². The number of benzene rings is 2. The van der Waals surface area contributed by atoms with Gasteiger partial charge in [-0.05, 0) is 94.1 Å². The molecule has 186 valence electrons. The Balaban J connectivity index is 1.53. The third-order valence-electron chi connectivity index (χ3n) is 6.35. The van der Waals surface area contributed by atoms with Crippen molar-refractivity contribution in [2.75, 3.05) is 18.5 Å². The number of anilines is 1. The number of fused-ring (bicyclic) bond motifs is 1. The molecule has 35 heavy (non-hydrogen) atoms. The quantitative estimate of drug-likeness (QED) is 0.276. The number of rotatable bonds is 7. The van der Waals surface area contributed by atoms with Crippen LogP contribution in [0.2, 0.25) is 0 Å². The van der Waals surface area contributed by atoms with Gasteiger partial charge in [-0.15, -0.1) is 0 Å². The third kappa shape index (κ3) is 6.06. The zero-order valence-electron chi connectivity index (χ0n) is 20.5. The number of para-hydroxylation sites is 1. The molecule has 0 aromatic heterocycles. The summed E-state index contributed by atoms with van der Waals surface area (Å²) in [6.07, 6.45) is 7.54. The molecule has 3 N–H and O–H groups in total. The van der Waals surface area contributed by atoms with E-state index in [9.17, 15) is 4.79 Å².